The van der Waals surface area contributed by atoms with Crippen LogP contribution in [0.4, 0.5) is 11.6 Å². The maximum absolute atomic E-state index is 11.2. The fraction of sp³-hybridized carbons (Fsp3) is 0.538. The van der Waals surface area contributed by atoms with Gasteiger partial charge in [-0.1, -0.05) is 37.0 Å². The predicted octanol–water partition coefficient (Wildman–Crippen LogP) is 2.77. The highest BCUT2D eigenvalue weighted by Crippen LogP contribution is 2.31. The van der Waals surface area contributed by atoms with Crippen molar-refractivity contribution in [3.05, 3.63) is 16.1 Å². The first-order chi connectivity index (χ1) is 9.35. The fourth-order valence-corrected chi connectivity index (χ4v) is 2.37. The van der Waals surface area contributed by atoms with Gasteiger partial charge in [-0.25, -0.2) is 4.98 Å². The molecule has 0 atom stereocenters. The molecule has 0 unspecified atom stereocenters. The number of carbonyl (C=O) groups is 1. The smallest absolute Gasteiger partial charge is 0.236 e. The quantitative estimate of drug-likeness (QED) is 0.811. The number of amides is 1. The van der Waals surface area contributed by atoms with Crippen LogP contribution in [0.25, 0.3) is 0 Å². The highest BCUT2D eigenvalue weighted by atomic mass is 35.5. The van der Waals surface area contributed by atoms with Crippen LogP contribution < -0.4 is 16.0 Å². The number of primary amides is 1. The number of rotatable bonds is 7. The van der Waals surface area contributed by atoms with Crippen molar-refractivity contribution in [1.82, 2.24) is 4.98 Å². The van der Waals surface area contributed by atoms with E-state index < -0.39 is 5.91 Å². The van der Waals surface area contributed by atoms with Crippen LogP contribution in [-0.2, 0) is 4.79 Å². The van der Waals surface area contributed by atoms with E-state index in [1.54, 1.807) is 11.0 Å². The average Bonchev–Trinajstić information content (AvgIpc) is 2.30. The standard InChI is InChI=1S/C13H20Cl2N4O/c1-4-17-12-9(14)5-10(15)13(18-12)19(6-8(2)3)7-11(16)20/h5,8H,4,6-7H2,1-3H3,(H2,16,20)(H,17,18). The number of carbonyl (C=O) groups excluding carboxylic acids is 1. The van der Waals surface area contributed by atoms with Crippen LogP contribution in [0, 0.1) is 5.92 Å². The molecular weight excluding hydrogens is 299 g/mol. The minimum Gasteiger partial charge on any atom is -0.369 e. The molecule has 0 aromatic carbocycles. The van der Waals surface area contributed by atoms with Crippen LogP contribution in [0.2, 0.25) is 10.0 Å². The largest absolute Gasteiger partial charge is 0.369 e. The highest BCUT2D eigenvalue weighted by Gasteiger charge is 2.18. The van der Waals surface area contributed by atoms with Crippen LogP contribution in [0.3, 0.4) is 0 Å². The molecular formula is C13H20Cl2N4O. The first kappa shape index (κ1) is 16.9. The van der Waals surface area contributed by atoms with Gasteiger partial charge in [0.15, 0.2) is 0 Å². The Bertz CT molecular complexity index is 480. The van der Waals surface area contributed by atoms with Crippen molar-refractivity contribution in [3.63, 3.8) is 0 Å². The topological polar surface area (TPSA) is 71.2 Å². The van der Waals surface area contributed by atoms with Gasteiger partial charge in [-0.2, -0.15) is 0 Å². The van der Waals surface area contributed by atoms with Crippen LogP contribution in [0.5, 0.6) is 0 Å². The summed E-state index contributed by atoms with van der Waals surface area (Å²) >= 11 is 12.3. The molecule has 1 heterocycles. The zero-order valence-electron chi connectivity index (χ0n) is 11.9. The summed E-state index contributed by atoms with van der Waals surface area (Å²) in [7, 11) is 0. The number of aromatic nitrogens is 1. The van der Waals surface area contributed by atoms with Crippen LogP contribution >= 0.6 is 23.2 Å². The van der Waals surface area contributed by atoms with Gasteiger partial charge >= 0.3 is 0 Å². The maximum atomic E-state index is 11.2. The van der Waals surface area contributed by atoms with Gasteiger partial charge in [0.25, 0.3) is 0 Å². The predicted molar refractivity (Wildman–Crippen MR) is 84.7 cm³/mol. The molecule has 20 heavy (non-hydrogen) atoms. The Morgan fingerprint density at radius 2 is 2.10 bits per heavy atom. The van der Waals surface area contributed by atoms with Gasteiger partial charge in [0.05, 0.1) is 16.6 Å². The molecule has 3 N–H and O–H groups in total. The molecule has 0 radical (unpaired) electrons. The molecule has 0 aliphatic heterocycles. The van der Waals surface area contributed by atoms with E-state index in [2.05, 4.69) is 10.3 Å². The molecule has 0 fully saturated rings. The zero-order chi connectivity index (χ0) is 15.3. The number of halogens is 2. The Hall–Kier alpha value is -1.20. The number of hydrogen-bond acceptors (Lipinski definition) is 4. The first-order valence-electron chi connectivity index (χ1n) is 6.48. The number of nitrogens with one attached hydrogen (secondary N) is 1. The Morgan fingerprint density at radius 1 is 1.45 bits per heavy atom. The van der Waals surface area contributed by atoms with Crippen molar-refractivity contribution in [2.75, 3.05) is 29.9 Å². The molecule has 0 saturated carbocycles. The van der Waals surface area contributed by atoms with Crippen molar-refractivity contribution < 1.29 is 4.79 Å². The summed E-state index contributed by atoms with van der Waals surface area (Å²) in [5.74, 6) is 0.972. The Morgan fingerprint density at radius 3 is 2.60 bits per heavy atom. The van der Waals surface area contributed by atoms with Gasteiger partial charge in [0.1, 0.15) is 11.6 Å². The monoisotopic (exact) mass is 318 g/mol. The Kier molecular flexibility index (Phi) is 6.36. The van der Waals surface area contributed by atoms with E-state index in [1.807, 2.05) is 20.8 Å². The van der Waals surface area contributed by atoms with Gasteiger partial charge in [-0.15, -0.1) is 0 Å². The van der Waals surface area contributed by atoms with Crippen molar-refractivity contribution in [2.45, 2.75) is 20.8 Å². The highest BCUT2D eigenvalue weighted by molar-refractivity contribution is 6.37. The summed E-state index contributed by atoms with van der Waals surface area (Å²) < 4.78 is 0. The second-order valence-electron chi connectivity index (χ2n) is 4.90. The van der Waals surface area contributed by atoms with E-state index in [0.29, 0.717) is 40.7 Å². The molecule has 0 saturated heterocycles. The van der Waals surface area contributed by atoms with Crippen LogP contribution in [0.15, 0.2) is 6.07 Å². The van der Waals surface area contributed by atoms with Gasteiger partial charge < -0.3 is 16.0 Å². The minimum atomic E-state index is -0.427. The van der Waals surface area contributed by atoms with Crippen molar-refractivity contribution >= 4 is 40.7 Å². The lowest BCUT2D eigenvalue weighted by molar-refractivity contribution is -0.116. The molecule has 1 aromatic heterocycles. The maximum Gasteiger partial charge on any atom is 0.236 e. The summed E-state index contributed by atoms with van der Waals surface area (Å²) in [5, 5.41) is 3.91. The van der Waals surface area contributed by atoms with Crippen molar-refractivity contribution in [3.8, 4) is 0 Å². The third kappa shape index (κ3) is 4.72. The SMILES string of the molecule is CCNc1nc(N(CC(N)=O)CC(C)C)c(Cl)cc1Cl. The van der Waals surface area contributed by atoms with Gasteiger partial charge in [0, 0.05) is 13.1 Å². The lowest BCUT2D eigenvalue weighted by Crippen LogP contribution is -2.37. The lowest BCUT2D eigenvalue weighted by atomic mass is 10.2. The van der Waals surface area contributed by atoms with Crippen LogP contribution in [-0.4, -0.2) is 30.5 Å². The third-order valence-electron chi connectivity index (χ3n) is 2.49. The summed E-state index contributed by atoms with van der Waals surface area (Å²) in [6.07, 6.45) is 0. The van der Waals surface area contributed by atoms with Gasteiger partial charge in [0.2, 0.25) is 5.91 Å². The summed E-state index contributed by atoms with van der Waals surface area (Å²) in [6.45, 7) is 7.42. The molecule has 0 bridgehead atoms. The number of anilines is 2. The molecule has 1 amide bonds. The summed E-state index contributed by atoms with van der Waals surface area (Å²) in [6, 6.07) is 1.62. The molecule has 112 valence electrons. The van der Waals surface area contributed by atoms with E-state index in [4.69, 9.17) is 28.9 Å². The normalized spacial score (nSPS) is 10.7. The van der Waals surface area contributed by atoms with E-state index in [9.17, 15) is 4.79 Å². The number of nitrogens with two attached hydrogens (primary N) is 1. The Balaban J connectivity index is 3.16. The molecule has 0 spiro atoms. The second kappa shape index (κ2) is 7.55. The fourth-order valence-electron chi connectivity index (χ4n) is 1.82. The number of nitrogens with zero attached hydrogens (tertiary/aromatic N) is 2. The van der Waals surface area contributed by atoms with Crippen LogP contribution in [0.1, 0.15) is 20.8 Å². The third-order valence-corrected chi connectivity index (χ3v) is 3.05. The van der Waals surface area contributed by atoms with E-state index in [1.165, 1.54) is 0 Å². The second-order valence-corrected chi connectivity index (χ2v) is 5.71. The van der Waals surface area contributed by atoms with E-state index in [0.717, 1.165) is 0 Å². The molecule has 5 nitrogen and oxygen atoms in total. The molecule has 0 aliphatic rings. The molecule has 7 heteroatoms. The van der Waals surface area contributed by atoms with Crippen molar-refractivity contribution in [2.24, 2.45) is 11.7 Å². The summed E-state index contributed by atoms with van der Waals surface area (Å²) in [4.78, 5) is 17.4. The average molecular weight is 319 g/mol. The number of pyridine rings is 1. The molecule has 0 aliphatic carbocycles. The molecule has 1 rings (SSSR count). The Labute approximate surface area is 129 Å². The van der Waals surface area contributed by atoms with Gasteiger partial charge in [-0.05, 0) is 18.9 Å². The first-order valence-corrected chi connectivity index (χ1v) is 7.23. The van der Waals surface area contributed by atoms with Crippen molar-refractivity contribution in [1.29, 1.82) is 0 Å². The van der Waals surface area contributed by atoms with E-state index in [-0.39, 0.29) is 6.54 Å². The van der Waals surface area contributed by atoms with E-state index >= 15 is 0 Å². The lowest BCUT2D eigenvalue weighted by Gasteiger charge is -2.25. The zero-order valence-corrected chi connectivity index (χ0v) is 13.4. The molecule has 1 aromatic rings. The summed E-state index contributed by atoms with van der Waals surface area (Å²) in [5.41, 5.74) is 5.29. The van der Waals surface area contributed by atoms with Gasteiger partial charge in [-0.3, -0.25) is 4.79 Å². The number of hydrogen-bond donors (Lipinski definition) is 2. The minimum absolute atomic E-state index is 0.0676.